The first-order chi connectivity index (χ1) is 10.1. The fourth-order valence-corrected chi connectivity index (χ4v) is 2.84. The van der Waals surface area contributed by atoms with Crippen molar-refractivity contribution in [3.05, 3.63) is 57.2 Å². The Kier molecular flexibility index (Phi) is 3.82. The van der Waals surface area contributed by atoms with Crippen molar-refractivity contribution in [2.75, 3.05) is 5.73 Å². The summed E-state index contributed by atoms with van der Waals surface area (Å²) in [7, 11) is 0. The number of nitrogens with zero attached hydrogens (tertiary/aromatic N) is 1. The summed E-state index contributed by atoms with van der Waals surface area (Å²) < 4.78 is 19.8. The Morgan fingerprint density at radius 1 is 1.05 bits per heavy atom. The summed E-state index contributed by atoms with van der Waals surface area (Å²) in [5.41, 5.74) is 8.76. The van der Waals surface area contributed by atoms with E-state index in [9.17, 15) is 4.39 Å². The Labute approximate surface area is 137 Å². The highest BCUT2D eigenvalue weighted by Gasteiger charge is 2.18. The van der Waals surface area contributed by atoms with Crippen molar-refractivity contribution in [1.29, 1.82) is 0 Å². The van der Waals surface area contributed by atoms with Crippen LogP contribution in [0.1, 0.15) is 0 Å². The molecular formula is C15H9Br2FN2O. The second-order valence-corrected chi connectivity index (χ2v) is 6.18. The van der Waals surface area contributed by atoms with Gasteiger partial charge in [0.1, 0.15) is 11.5 Å². The minimum Gasteiger partial charge on any atom is -0.367 e. The molecular weight excluding hydrogens is 403 g/mol. The van der Waals surface area contributed by atoms with Gasteiger partial charge >= 0.3 is 0 Å². The van der Waals surface area contributed by atoms with Crippen LogP contribution >= 0.6 is 31.9 Å². The smallest absolute Gasteiger partial charge is 0.230 e. The fraction of sp³-hybridized carbons (Fsp3) is 0. The SMILES string of the molecule is Nc1onc(-c2ccc(F)c(Br)c2)c1-c1cccc(Br)c1. The summed E-state index contributed by atoms with van der Waals surface area (Å²) in [6.45, 7) is 0. The Balaban J connectivity index is 2.19. The van der Waals surface area contributed by atoms with Crippen LogP contribution in [-0.4, -0.2) is 5.16 Å². The van der Waals surface area contributed by atoms with Gasteiger partial charge in [-0.25, -0.2) is 4.39 Å². The van der Waals surface area contributed by atoms with E-state index < -0.39 is 0 Å². The van der Waals surface area contributed by atoms with Crippen LogP contribution in [0, 0.1) is 5.82 Å². The van der Waals surface area contributed by atoms with Crippen molar-refractivity contribution < 1.29 is 8.91 Å². The normalized spacial score (nSPS) is 10.8. The van der Waals surface area contributed by atoms with E-state index in [0.717, 1.165) is 15.6 Å². The summed E-state index contributed by atoms with van der Waals surface area (Å²) in [5.74, 6) is -0.109. The summed E-state index contributed by atoms with van der Waals surface area (Å²) in [4.78, 5) is 0. The van der Waals surface area contributed by atoms with Gasteiger partial charge in [0.2, 0.25) is 5.88 Å². The van der Waals surface area contributed by atoms with Gasteiger partial charge in [0.05, 0.1) is 10.0 Å². The van der Waals surface area contributed by atoms with Crippen molar-refractivity contribution in [3.8, 4) is 22.4 Å². The predicted octanol–water partition coefficient (Wildman–Crippen LogP) is 5.25. The van der Waals surface area contributed by atoms with Crippen LogP contribution < -0.4 is 5.73 Å². The lowest BCUT2D eigenvalue weighted by molar-refractivity contribution is 0.439. The maximum atomic E-state index is 13.4. The first-order valence-corrected chi connectivity index (χ1v) is 7.61. The van der Waals surface area contributed by atoms with Crippen LogP contribution in [-0.2, 0) is 0 Å². The van der Waals surface area contributed by atoms with Gasteiger partial charge in [0.25, 0.3) is 0 Å². The molecule has 21 heavy (non-hydrogen) atoms. The number of nitrogen functional groups attached to an aromatic ring is 1. The quantitative estimate of drug-likeness (QED) is 0.626. The lowest BCUT2D eigenvalue weighted by Gasteiger charge is -2.04. The highest BCUT2D eigenvalue weighted by atomic mass is 79.9. The van der Waals surface area contributed by atoms with Gasteiger partial charge in [-0.1, -0.05) is 33.2 Å². The zero-order valence-electron chi connectivity index (χ0n) is 10.6. The molecule has 0 bridgehead atoms. The number of nitrogens with two attached hydrogens (primary N) is 1. The van der Waals surface area contributed by atoms with Crippen LogP contribution in [0.4, 0.5) is 10.3 Å². The Hall–Kier alpha value is -1.66. The monoisotopic (exact) mass is 410 g/mol. The molecule has 0 radical (unpaired) electrons. The Bertz CT molecular complexity index is 817. The third kappa shape index (κ3) is 2.73. The van der Waals surface area contributed by atoms with Gasteiger partial charge in [-0.2, -0.15) is 0 Å². The van der Waals surface area contributed by atoms with E-state index in [2.05, 4.69) is 37.0 Å². The average Bonchev–Trinajstić information content (AvgIpc) is 2.84. The van der Waals surface area contributed by atoms with Gasteiger partial charge in [0, 0.05) is 10.0 Å². The maximum absolute atomic E-state index is 13.4. The Morgan fingerprint density at radius 3 is 2.57 bits per heavy atom. The lowest BCUT2D eigenvalue weighted by atomic mass is 10.0. The van der Waals surface area contributed by atoms with Gasteiger partial charge in [0.15, 0.2) is 0 Å². The van der Waals surface area contributed by atoms with E-state index in [4.69, 9.17) is 10.3 Å². The number of anilines is 1. The van der Waals surface area contributed by atoms with Crippen LogP contribution in [0.15, 0.2) is 55.9 Å². The van der Waals surface area contributed by atoms with E-state index in [1.54, 1.807) is 12.1 Å². The first kappa shape index (κ1) is 14.3. The Morgan fingerprint density at radius 2 is 1.86 bits per heavy atom. The molecule has 106 valence electrons. The minimum absolute atomic E-state index is 0.226. The molecule has 1 aromatic heterocycles. The maximum Gasteiger partial charge on any atom is 0.230 e. The van der Waals surface area contributed by atoms with E-state index >= 15 is 0 Å². The van der Waals surface area contributed by atoms with Crippen molar-refractivity contribution in [1.82, 2.24) is 5.16 Å². The molecule has 0 aliphatic rings. The highest BCUT2D eigenvalue weighted by Crippen LogP contribution is 2.38. The summed E-state index contributed by atoms with van der Waals surface area (Å²) >= 11 is 6.60. The van der Waals surface area contributed by atoms with Crippen LogP contribution in [0.3, 0.4) is 0 Å². The summed E-state index contributed by atoms with van der Waals surface area (Å²) in [6, 6.07) is 12.3. The van der Waals surface area contributed by atoms with E-state index in [-0.39, 0.29) is 11.7 Å². The summed E-state index contributed by atoms with van der Waals surface area (Å²) in [5, 5.41) is 4.00. The molecule has 0 saturated heterocycles. The molecule has 0 aliphatic heterocycles. The molecule has 3 aromatic rings. The first-order valence-electron chi connectivity index (χ1n) is 6.03. The minimum atomic E-state index is -0.334. The average molecular weight is 412 g/mol. The topological polar surface area (TPSA) is 52.0 Å². The number of benzene rings is 2. The molecule has 6 heteroatoms. The molecule has 2 N–H and O–H groups in total. The molecule has 3 rings (SSSR count). The lowest BCUT2D eigenvalue weighted by Crippen LogP contribution is -1.88. The van der Waals surface area contributed by atoms with Crippen molar-refractivity contribution in [3.63, 3.8) is 0 Å². The molecule has 0 unspecified atom stereocenters. The third-order valence-corrected chi connectivity index (χ3v) is 4.13. The van der Waals surface area contributed by atoms with Gasteiger partial charge in [-0.15, -0.1) is 0 Å². The fourth-order valence-electron chi connectivity index (χ4n) is 2.07. The molecule has 0 spiro atoms. The summed E-state index contributed by atoms with van der Waals surface area (Å²) in [6.07, 6.45) is 0. The van der Waals surface area contributed by atoms with E-state index in [0.29, 0.717) is 15.7 Å². The van der Waals surface area contributed by atoms with Crippen LogP contribution in [0.25, 0.3) is 22.4 Å². The molecule has 0 fully saturated rings. The number of aromatic nitrogens is 1. The largest absolute Gasteiger partial charge is 0.367 e. The number of halogens is 3. The molecule has 0 aliphatic carbocycles. The zero-order valence-corrected chi connectivity index (χ0v) is 13.8. The predicted molar refractivity (Wildman–Crippen MR) is 87.1 cm³/mol. The number of hydrogen-bond donors (Lipinski definition) is 1. The third-order valence-electron chi connectivity index (χ3n) is 3.02. The van der Waals surface area contributed by atoms with Crippen molar-refractivity contribution in [2.45, 2.75) is 0 Å². The zero-order chi connectivity index (χ0) is 15.0. The van der Waals surface area contributed by atoms with Gasteiger partial charge in [-0.05, 0) is 51.8 Å². The highest BCUT2D eigenvalue weighted by molar-refractivity contribution is 9.10. The number of rotatable bonds is 2. The van der Waals surface area contributed by atoms with Crippen molar-refractivity contribution in [2.24, 2.45) is 0 Å². The molecule has 3 nitrogen and oxygen atoms in total. The van der Waals surface area contributed by atoms with Crippen molar-refractivity contribution >= 4 is 37.7 Å². The standard InChI is InChI=1S/C15H9Br2FN2O/c16-10-3-1-2-8(6-10)13-14(20-21-15(13)19)9-4-5-12(18)11(17)7-9/h1-7H,19H2. The van der Waals surface area contributed by atoms with Crippen LogP contribution in [0.5, 0.6) is 0 Å². The van der Waals surface area contributed by atoms with Crippen LogP contribution in [0.2, 0.25) is 0 Å². The van der Waals surface area contributed by atoms with Gasteiger partial charge < -0.3 is 10.3 Å². The second kappa shape index (κ2) is 5.61. The number of hydrogen-bond acceptors (Lipinski definition) is 3. The molecule has 2 aromatic carbocycles. The van der Waals surface area contributed by atoms with E-state index in [1.807, 2.05) is 24.3 Å². The van der Waals surface area contributed by atoms with E-state index in [1.165, 1.54) is 6.07 Å². The molecule has 0 saturated carbocycles. The molecule has 0 atom stereocenters. The molecule has 0 amide bonds. The second-order valence-electron chi connectivity index (χ2n) is 4.41. The van der Waals surface area contributed by atoms with Gasteiger partial charge in [-0.3, -0.25) is 0 Å². The molecule has 1 heterocycles.